The highest BCUT2D eigenvalue weighted by Gasteiger charge is 2.07. The number of nitrogens with one attached hydrogen (secondary N) is 2. The molecule has 0 unspecified atom stereocenters. The summed E-state index contributed by atoms with van der Waals surface area (Å²) in [5, 5.41) is 0. The summed E-state index contributed by atoms with van der Waals surface area (Å²) in [6, 6.07) is 13.2. The van der Waals surface area contributed by atoms with Gasteiger partial charge in [-0.15, -0.1) is 11.8 Å². The van der Waals surface area contributed by atoms with Gasteiger partial charge in [-0.05, 0) is 24.6 Å². The minimum Gasteiger partial charge on any atom is -0.272 e. The highest BCUT2D eigenvalue weighted by Crippen LogP contribution is 2.12. The molecule has 1 aromatic carbocycles. The van der Waals surface area contributed by atoms with Gasteiger partial charge in [0.2, 0.25) is 5.91 Å². The number of aryl methyl sites for hydroxylation is 1. The normalized spacial score (nSPS) is 10.0. The Balaban J connectivity index is 1.68. The Morgan fingerprint density at radius 2 is 1.86 bits per heavy atom. The molecule has 2 amide bonds. The van der Waals surface area contributed by atoms with E-state index in [1.807, 2.05) is 31.2 Å². The zero-order valence-electron chi connectivity index (χ0n) is 12.2. The van der Waals surface area contributed by atoms with Gasteiger partial charge >= 0.3 is 0 Å². The molecule has 0 aliphatic carbocycles. The molecule has 0 radical (unpaired) electrons. The Bertz CT molecular complexity index is 630. The maximum absolute atomic E-state index is 11.7. The molecule has 0 fully saturated rings. The van der Waals surface area contributed by atoms with Crippen LogP contribution >= 0.6 is 11.8 Å². The number of hydrogen-bond acceptors (Lipinski definition) is 4. The number of carbonyl (C=O) groups excluding carboxylic acids is 2. The number of nitrogens with zero attached hydrogens (tertiary/aromatic N) is 1. The second-order valence-electron chi connectivity index (χ2n) is 4.70. The molecule has 0 spiro atoms. The minimum atomic E-state index is -0.433. The lowest BCUT2D eigenvalue weighted by molar-refractivity contribution is -0.119. The van der Waals surface area contributed by atoms with Crippen molar-refractivity contribution in [3.8, 4) is 0 Å². The van der Waals surface area contributed by atoms with E-state index in [9.17, 15) is 9.59 Å². The summed E-state index contributed by atoms with van der Waals surface area (Å²) < 4.78 is 0. The van der Waals surface area contributed by atoms with E-state index in [4.69, 9.17) is 0 Å². The van der Waals surface area contributed by atoms with Crippen LogP contribution in [-0.4, -0.2) is 22.6 Å². The van der Waals surface area contributed by atoms with Crippen LogP contribution < -0.4 is 10.9 Å². The summed E-state index contributed by atoms with van der Waals surface area (Å²) >= 11 is 1.49. The van der Waals surface area contributed by atoms with Gasteiger partial charge in [0, 0.05) is 11.9 Å². The van der Waals surface area contributed by atoms with E-state index < -0.39 is 5.91 Å². The third kappa shape index (κ3) is 5.21. The maximum Gasteiger partial charge on any atom is 0.288 e. The first-order valence-corrected chi connectivity index (χ1v) is 7.94. The number of amides is 2. The molecule has 5 nitrogen and oxygen atoms in total. The van der Waals surface area contributed by atoms with Gasteiger partial charge < -0.3 is 0 Å². The Morgan fingerprint density at radius 3 is 2.55 bits per heavy atom. The van der Waals surface area contributed by atoms with Crippen molar-refractivity contribution in [3.05, 3.63) is 65.5 Å². The largest absolute Gasteiger partial charge is 0.288 e. The Morgan fingerprint density at radius 1 is 1.09 bits per heavy atom. The van der Waals surface area contributed by atoms with Crippen LogP contribution in [0.5, 0.6) is 0 Å². The Hall–Kier alpha value is -2.34. The van der Waals surface area contributed by atoms with Gasteiger partial charge in [0.15, 0.2) is 0 Å². The van der Waals surface area contributed by atoms with Gasteiger partial charge in [-0.2, -0.15) is 0 Å². The lowest BCUT2D eigenvalue weighted by Gasteiger charge is -2.07. The van der Waals surface area contributed by atoms with Gasteiger partial charge in [0.05, 0.1) is 5.75 Å². The second kappa shape index (κ2) is 8.19. The van der Waals surface area contributed by atoms with E-state index in [0.29, 0.717) is 0 Å². The molecule has 0 atom stereocenters. The molecule has 0 bridgehead atoms. The van der Waals surface area contributed by atoms with Crippen molar-refractivity contribution >= 4 is 23.6 Å². The van der Waals surface area contributed by atoms with Crippen LogP contribution in [-0.2, 0) is 10.5 Å². The lowest BCUT2D eigenvalue weighted by Crippen LogP contribution is -2.42. The van der Waals surface area contributed by atoms with Gasteiger partial charge in [-0.25, -0.2) is 0 Å². The standard InChI is InChI=1S/C16H17N3O2S/c1-12-5-7-13(8-6-12)10-22-11-15(20)18-19-16(21)14-4-2-3-9-17-14/h2-9H,10-11H2,1H3,(H,18,20)(H,19,21). The van der Waals surface area contributed by atoms with Crippen LogP contribution in [0.2, 0.25) is 0 Å². The van der Waals surface area contributed by atoms with Crippen LogP contribution in [0.1, 0.15) is 21.6 Å². The van der Waals surface area contributed by atoms with Gasteiger partial charge in [-0.3, -0.25) is 25.4 Å². The average molecular weight is 315 g/mol. The zero-order chi connectivity index (χ0) is 15.8. The van der Waals surface area contributed by atoms with Crippen molar-refractivity contribution < 1.29 is 9.59 Å². The SMILES string of the molecule is Cc1ccc(CSCC(=O)NNC(=O)c2ccccn2)cc1. The molecule has 1 aromatic heterocycles. The fraction of sp³-hybridized carbons (Fsp3) is 0.188. The number of hydrogen-bond donors (Lipinski definition) is 2. The fourth-order valence-electron chi connectivity index (χ4n) is 1.67. The van der Waals surface area contributed by atoms with Crippen molar-refractivity contribution in [1.82, 2.24) is 15.8 Å². The van der Waals surface area contributed by atoms with Crippen molar-refractivity contribution in [3.63, 3.8) is 0 Å². The molecular formula is C16H17N3O2S. The smallest absolute Gasteiger partial charge is 0.272 e. The summed E-state index contributed by atoms with van der Waals surface area (Å²) in [4.78, 5) is 27.2. The van der Waals surface area contributed by atoms with Crippen molar-refractivity contribution in [2.24, 2.45) is 0 Å². The van der Waals surface area contributed by atoms with Crippen molar-refractivity contribution in [2.75, 3.05) is 5.75 Å². The summed E-state index contributed by atoms with van der Waals surface area (Å²) in [6.07, 6.45) is 1.52. The quantitative estimate of drug-likeness (QED) is 0.829. The molecule has 2 aromatic rings. The molecule has 2 N–H and O–H groups in total. The number of rotatable bonds is 5. The van der Waals surface area contributed by atoms with E-state index in [1.54, 1.807) is 18.2 Å². The van der Waals surface area contributed by atoms with E-state index in [1.165, 1.54) is 29.1 Å². The zero-order valence-corrected chi connectivity index (χ0v) is 13.0. The molecule has 114 valence electrons. The minimum absolute atomic E-state index is 0.249. The fourth-order valence-corrected chi connectivity index (χ4v) is 2.46. The van der Waals surface area contributed by atoms with E-state index >= 15 is 0 Å². The lowest BCUT2D eigenvalue weighted by atomic mass is 10.2. The highest BCUT2D eigenvalue weighted by atomic mass is 32.2. The second-order valence-corrected chi connectivity index (χ2v) is 5.68. The number of benzene rings is 1. The van der Waals surface area contributed by atoms with Crippen molar-refractivity contribution in [1.29, 1.82) is 0 Å². The number of carbonyl (C=O) groups is 2. The van der Waals surface area contributed by atoms with E-state index in [-0.39, 0.29) is 17.4 Å². The average Bonchev–Trinajstić information content (AvgIpc) is 2.55. The summed E-state index contributed by atoms with van der Waals surface area (Å²) in [5.41, 5.74) is 7.36. The van der Waals surface area contributed by atoms with E-state index in [2.05, 4.69) is 15.8 Å². The first-order chi connectivity index (χ1) is 10.6. The van der Waals surface area contributed by atoms with Gasteiger partial charge in [0.25, 0.3) is 5.91 Å². The molecule has 6 heteroatoms. The monoisotopic (exact) mass is 315 g/mol. The Labute approximate surface area is 133 Å². The number of pyridine rings is 1. The first-order valence-electron chi connectivity index (χ1n) is 6.78. The predicted molar refractivity (Wildman–Crippen MR) is 87.2 cm³/mol. The van der Waals surface area contributed by atoms with Crippen molar-refractivity contribution in [2.45, 2.75) is 12.7 Å². The number of hydrazine groups is 1. The molecule has 0 aliphatic heterocycles. The summed E-state index contributed by atoms with van der Waals surface area (Å²) in [5.74, 6) is 0.344. The third-order valence-electron chi connectivity index (χ3n) is 2.84. The highest BCUT2D eigenvalue weighted by molar-refractivity contribution is 7.99. The first kappa shape index (κ1) is 16.0. The summed E-state index contributed by atoms with van der Waals surface area (Å²) in [6.45, 7) is 2.04. The molecule has 2 rings (SSSR count). The molecule has 22 heavy (non-hydrogen) atoms. The van der Waals surface area contributed by atoms with E-state index in [0.717, 1.165) is 5.75 Å². The van der Waals surface area contributed by atoms with Crippen LogP contribution in [0, 0.1) is 6.92 Å². The Kier molecular flexibility index (Phi) is 5.97. The molecule has 1 heterocycles. The van der Waals surface area contributed by atoms with Crippen LogP contribution in [0.25, 0.3) is 0 Å². The molecule has 0 saturated carbocycles. The van der Waals surface area contributed by atoms with Gasteiger partial charge in [-0.1, -0.05) is 35.9 Å². The van der Waals surface area contributed by atoms with Crippen LogP contribution in [0.3, 0.4) is 0 Å². The topological polar surface area (TPSA) is 71.1 Å². The van der Waals surface area contributed by atoms with Gasteiger partial charge in [0.1, 0.15) is 5.69 Å². The number of thioether (sulfide) groups is 1. The van der Waals surface area contributed by atoms with Crippen LogP contribution in [0.4, 0.5) is 0 Å². The maximum atomic E-state index is 11.7. The summed E-state index contributed by atoms with van der Waals surface area (Å²) in [7, 11) is 0. The molecule has 0 aliphatic rings. The molecule has 0 saturated heterocycles. The third-order valence-corrected chi connectivity index (χ3v) is 3.84. The molecular weight excluding hydrogens is 298 g/mol. The number of aromatic nitrogens is 1. The predicted octanol–water partition coefficient (Wildman–Crippen LogP) is 2.08. The van der Waals surface area contributed by atoms with Crippen LogP contribution in [0.15, 0.2) is 48.7 Å².